The van der Waals surface area contributed by atoms with Crippen LogP contribution in [0.4, 0.5) is 4.79 Å². The maximum atomic E-state index is 12.6. The summed E-state index contributed by atoms with van der Waals surface area (Å²) in [7, 11) is 1.64. The van der Waals surface area contributed by atoms with Gasteiger partial charge in [-0.3, -0.25) is 0 Å². The molecule has 0 bridgehead atoms. The van der Waals surface area contributed by atoms with Gasteiger partial charge < -0.3 is 23.8 Å². The zero-order chi connectivity index (χ0) is 18.2. The average Bonchev–Trinajstić information content (AvgIpc) is 3.35. The number of nitrogens with one attached hydrogen (secondary N) is 1. The molecule has 6 nitrogen and oxygen atoms in total. The molecule has 0 radical (unpaired) electrons. The van der Waals surface area contributed by atoms with Gasteiger partial charge >= 0.3 is 6.03 Å². The van der Waals surface area contributed by atoms with E-state index in [2.05, 4.69) is 5.32 Å². The molecular weight excluding hydrogens is 332 g/mol. The normalized spacial score (nSPS) is 10.5. The summed E-state index contributed by atoms with van der Waals surface area (Å²) in [5.74, 6) is 2.26. The van der Waals surface area contributed by atoms with Crippen molar-refractivity contribution >= 4 is 6.03 Å². The van der Waals surface area contributed by atoms with Crippen LogP contribution in [0.15, 0.2) is 69.9 Å². The van der Waals surface area contributed by atoms with E-state index in [4.69, 9.17) is 13.6 Å². The van der Waals surface area contributed by atoms with Crippen LogP contribution in [-0.4, -0.2) is 24.6 Å². The van der Waals surface area contributed by atoms with Gasteiger partial charge in [0.25, 0.3) is 0 Å². The van der Waals surface area contributed by atoms with Crippen LogP contribution in [0.25, 0.3) is 0 Å². The Morgan fingerprint density at radius 2 is 1.65 bits per heavy atom. The molecule has 26 heavy (non-hydrogen) atoms. The standard InChI is InChI=1S/C20H22N2O4/c1-24-19-9-3-2-6-16(19)10-11-21-20(23)22(14-17-7-4-12-25-17)15-18-8-5-13-26-18/h2-9,12-13H,10-11,14-15H2,1H3,(H,21,23). The Kier molecular flexibility index (Phi) is 5.98. The fraction of sp³-hybridized carbons (Fsp3) is 0.250. The van der Waals surface area contributed by atoms with Crippen molar-refractivity contribution in [2.75, 3.05) is 13.7 Å². The van der Waals surface area contributed by atoms with Crippen LogP contribution < -0.4 is 10.1 Å². The number of ether oxygens (including phenoxy) is 1. The molecule has 0 saturated carbocycles. The van der Waals surface area contributed by atoms with Crippen LogP contribution >= 0.6 is 0 Å². The van der Waals surface area contributed by atoms with Gasteiger partial charge in [-0.15, -0.1) is 0 Å². The molecule has 0 aliphatic heterocycles. The summed E-state index contributed by atoms with van der Waals surface area (Å²) >= 11 is 0. The van der Waals surface area contributed by atoms with Crippen molar-refractivity contribution in [1.82, 2.24) is 10.2 Å². The average molecular weight is 354 g/mol. The van der Waals surface area contributed by atoms with Crippen LogP contribution in [0.2, 0.25) is 0 Å². The second-order valence-corrected chi connectivity index (χ2v) is 5.81. The maximum Gasteiger partial charge on any atom is 0.318 e. The van der Waals surface area contributed by atoms with Crippen molar-refractivity contribution in [2.24, 2.45) is 0 Å². The van der Waals surface area contributed by atoms with Gasteiger partial charge in [0, 0.05) is 6.54 Å². The van der Waals surface area contributed by atoms with Crippen molar-refractivity contribution in [3.8, 4) is 5.75 Å². The van der Waals surface area contributed by atoms with Gasteiger partial charge in [-0.2, -0.15) is 0 Å². The molecule has 2 aromatic heterocycles. The number of amides is 2. The Morgan fingerprint density at radius 3 is 2.23 bits per heavy atom. The van der Waals surface area contributed by atoms with Crippen LogP contribution in [-0.2, 0) is 19.5 Å². The van der Waals surface area contributed by atoms with E-state index < -0.39 is 0 Å². The zero-order valence-electron chi connectivity index (χ0n) is 14.7. The number of hydrogen-bond acceptors (Lipinski definition) is 4. The lowest BCUT2D eigenvalue weighted by atomic mass is 10.1. The number of benzene rings is 1. The second-order valence-electron chi connectivity index (χ2n) is 5.81. The Hall–Kier alpha value is -3.15. The molecule has 0 atom stereocenters. The molecule has 6 heteroatoms. The number of para-hydroxylation sites is 1. The first-order valence-corrected chi connectivity index (χ1v) is 8.45. The molecule has 3 aromatic rings. The number of carbonyl (C=O) groups is 1. The predicted octanol–water partition coefficient (Wildman–Crippen LogP) is 3.84. The van der Waals surface area contributed by atoms with Gasteiger partial charge in [0.15, 0.2) is 0 Å². The summed E-state index contributed by atoms with van der Waals surface area (Å²) in [5.41, 5.74) is 1.05. The van der Waals surface area contributed by atoms with Gasteiger partial charge in [-0.25, -0.2) is 4.79 Å². The number of carbonyl (C=O) groups excluding carboxylic acids is 1. The summed E-state index contributed by atoms with van der Waals surface area (Å²) < 4.78 is 16.1. The molecule has 3 rings (SSSR count). The molecular formula is C20H22N2O4. The predicted molar refractivity (Wildman–Crippen MR) is 96.8 cm³/mol. The lowest BCUT2D eigenvalue weighted by Gasteiger charge is -2.21. The molecule has 0 spiro atoms. The molecule has 0 aliphatic carbocycles. The highest BCUT2D eigenvalue weighted by Crippen LogP contribution is 2.17. The van der Waals surface area contributed by atoms with E-state index in [0.717, 1.165) is 22.8 Å². The number of methoxy groups -OCH3 is 1. The number of furan rings is 2. The Labute approximate surface area is 152 Å². The number of rotatable bonds is 8. The molecule has 2 heterocycles. The first-order chi connectivity index (χ1) is 12.8. The highest BCUT2D eigenvalue weighted by atomic mass is 16.5. The minimum absolute atomic E-state index is 0.173. The van der Waals surface area contributed by atoms with Gasteiger partial charge in [0.1, 0.15) is 17.3 Å². The third-order valence-corrected chi connectivity index (χ3v) is 4.00. The van der Waals surface area contributed by atoms with E-state index in [1.165, 1.54) is 0 Å². The molecule has 136 valence electrons. The topological polar surface area (TPSA) is 67.8 Å². The van der Waals surface area contributed by atoms with E-state index in [1.807, 2.05) is 36.4 Å². The van der Waals surface area contributed by atoms with Gasteiger partial charge in [-0.1, -0.05) is 18.2 Å². The second kappa shape index (κ2) is 8.80. The SMILES string of the molecule is COc1ccccc1CCNC(=O)N(Cc1ccco1)Cc1ccco1. The fourth-order valence-electron chi connectivity index (χ4n) is 2.71. The zero-order valence-corrected chi connectivity index (χ0v) is 14.7. The third kappa shape index (κ3) is 4.69. The van der Waals surface area contributed by atoms with Crippen molar-refractivity contribution in [3.05, 3.63) is 78.1 Å². The van der Waals surface area contributed by atoms with Crippen molar-refractivity contribution in [1.29, 1.82) is 0 Å². The van der Waals surface area contributed by atoms with Crippen LogP contribution in [0.3, 0.4) is 0 Å². The smallest absolute Gasteiger partial charge is 0.318 e. The first-order valence-electron chi connectivity index (χ1n) is 8.45. The minimum atomic E-state index is -0.173. The van der Waals surface area contributed by atoms with E-state index in [9.17, 15) is 4.79 Å². The molecule has 0 aliphatic rings. The highest BCUT2D eigenvalue weighted by molar-refractivity contribution is 5.74. The van der Waals surface area contributed by atoms with Crippen molar-refractivity contribution < 1.29 is 18.4 Å². The van der Waals surface area contributed by atoms with Crippen molar-refractivity contribution in [2.45, 2.75) is 19.5 Å². The third-order valence-electron chi connectivity index (χ3n) is 4.00. The lowest BCUT2D eigenvalue weighted by Crippen LogP contribution is -2.39. The van der Waals surface area contributed by atoms with E-state index in [0.29, 0.717) is 26.1 Å². The fourth-order valence-corrected chi connectivity index (χ4v) is 2.71. The van der Waals surface area contributed by atoms with Crippen molar-refractivity contribution in [3.63, 3.8) is 0 Å². The molecule has 2 amide bonds. The monoisotopic (exact) mass is 354 g/mol. The van der Waals surface area contributed by atoms with E-state index in [-0.39, 0.29) is 6.03 Å². The Balaban J connectivity index is 1.59. The quantitative estimate of drug-likeness (QED) is 0.667. The minimum Gasteiger partial charge on any atom is -0.496 e. The maximum absolute atomic E-state index is 12.6. The lowest BCUT2D eigenvalue weighted by molar-refractivity contribution is 0.182. The summed E-state index contributed by atoms with van der Waals surface area (Å²) in [6, 6.07) is 14.9. The molecule has 1 N–H and O–H groups in total. The van der Waals surface area contributed by atoms with E-state index in [1.54, 1.807) is 36.7 Å². The Bertz CT molecular complexity index is 761. The number of urea groups is 1. The van der Waals surface area contributed by atoms with Crippen LogP contribution in [0.1, 0.15) is 17.1 Å². The number of nitrogens with zero attached hydrogens (tertiary/aromatic N) is 1. The summed E-state index contributed by atoms with van der Waals surface area (Å²) in [4.78, 5) is 14.3. The molecule has 0 unspecified atom stereocenters. The largest absolute Gasteiger partial charge is 0.496 e. The van der Waals surface area contributed by atoms with E-state index >= 15 is 0 Å². The van der Waals surface area contributed by atoms with Crippen LogP contribution in [0, 0.1) is 0 Å². The number of hydrogen-bond donors (Lipinski definition) is 1. The highest BCUT2D eigenvalue weighted by Gasteiger charge is 2.17. The molecule has 0 fully saturated rings. The summed E-state index contributed by atoms with van der Waals surface area (Å²) in [5, 5.41) is 2.96. The van der Waals surface area contributed by atoms with Gasteiger partial charge in [0.05, 0.1) is 32.7 Å². The van der Waals surface area contributed by atoms with Crippen LogP contribution in [0.5, 0.6) is 5.75 Å². The Morgan fingerprint density at radius 1 is 1.00 bits per heavy atom. The molecule has 0 saturated heterocycles. The summed E-state index contributed by atoms with van der Waals surface area (Å²) in [6.45, 7) is 1.24. The molecule has 1 aromatic carbocycles. The van der Waals surface area contributed by atoms with Gasteiger partial charge in [0.2, 0.25) is 0 Å². The summed E-state index contributed by atoms with van der Waals surface area (Å²) in [6.07, 6.45) is 3.88. The van der Waals surface area contributed by atoms with Gasteiger partial charge in [-0.05, 0) is 42.3 Å². The first kappa shape index (κ1) is 17.7.